The largest absolute Gasteiger partial charge is 0.383 e. The van der Waals surface area contributed by atoms with E-state index in [-0.39, 0.29) is 24.4 Å². The van der Waals surface area contributed by atoms with E-state index >= 15 is 0 Å². The molecule has 0 saturated heterocycles. The lowest BCUT2D eigenvalue weighted by atomic mass is 10.3. The average molecular weight is 169 g/mol. The molecule has 4 nitrogen and oxygen atoms in total. The van der Waals surface area contributed by atoms with Crippen molar-refractivity contribution in [2.45, 2.75) is 6.04 Å². The molecule has 10 heavy (non-hydrogen) atoms. The minimum Gasteiger partial charge on any atom is -0.383 e. The third-order valence-corrected chi connectivity index (χ3v) is 1.03. The van der Waals surface area contributed by atoms with Crippen molar-refractivity contribution >= 4 is 18.3 Å². The van der Waals surface area contributed by atoms with E-state index in [1.165, 1.54) is 7.11 Å². The molecule has 0 aromatic carbocycles. The zero-order valence-corrected chi connectivity index (χ0v) is 6.90. The van der Waals surface area contributed by atoms with E-state index < -0.39 is 0 Å². The number of likely N-dealkylation sites (N-methyl/N-ethyl adjacent to an activating group) is 1. The van der Waals surface area contributed by atoms with Gasteiger partial charge in [0.1, 0.15) is 6.04 Å². The van der Waals surface area contributed by atoms with Crippen LogP contribution in [0.5, 0.6) is 0 Å². The van der Waals surface area contributed by atoms with E-state index in [1.54, 1.807) is 7.05 Å². The van der Waals surface area contributed by atoms with E-state index in [0.29, 0.717) is 6.61 Å². The van der Waals surface area contributed by atoms with Crippen LogP contribution in [0.1, 0.15) is 0 Å². The number of hydrogen-bond donors (Lipinski definition) is 2. The van der Waals surface area contributed by atoms with Crippen LogP contribution in [-0.2, 0) is 9.53 Å². The van der Waals surface area contributed by atoms with Crippen LogP contribution in [0.15, 0.2) is 0 Å². The highest BCUT2D eigenvalue weighted by Crippen LogP contribution is 1.79. The van der Waals surface area contributed by atoms with Gasteiger partial charge >= 0.3 is 0 Å². The Kier molecular flexibility index (Phi) is 8.40. The molecule has 0 aliphatic rings. The lowest BCUT2D eigenvalue weighted by molar-refractivity contribution is -0.121. The van der Waals surface area contributed by atoms with Crippen LogP contribution in [0.3, 0.4) is 0 Å². The topological polar surface area (TPSA) is 64.3 Å². The van der Waals surface area contributed by atoms with Crippen LogP contribution in [0, 0.1) is 0 Å². The molecule has 3 N–H and O–H groups in total. The van der Waals surface area contributed by atoms with Crippen LogP contribution in [0.25, 0.3) is 0 Å². The predicted octanol–water partition coefficient (Wildman–Crippen LogP) is -0.872. The molecule has 1 unspecified atom stereocenters. The Labute approximate surface area is 66.5 Å². The molecule has 5 heteroatoms. The van der Waals surface area contributed by atoms with Crippen LogP contribution in [0.2, 0.25) is 0 Å². The Morgan fingerprint density at radius 2 is 2.30 bits per heavy atom. The highest BCUT2D eigenvalue weighted by molar-refractivity contribution is 5.85. The molecule has 0 heterocycles. The summed E-state index contributed by atoms with van der Waals surface area (Å²) in [4.78, 5) is 10.4. The molecule has 0 saturated carbocycles. The fourth-order valence-corrected chi connectivity index (χ4v) is 0.474. The van der Waals surface area contributed by atoms with Crippen molar-refractivity contribution in [1.29, 1.82) is 0 Å². The van der Waals surface area contributed by atoms with Gasteiger partial charge in [-0.05, 0) is 7.05 Å². The van der Waals surface area contributed by atoms with Crippen molar-refractivity contribution in [3.63, 3.8) is 0 Å². The van der Waals surface area contributed by atoms with E-state index in [4.69, 9.17) is 10.5 Å². The second kappa shape index (κ2) is 6.80. The number of nitrogens with two attached hydrogens (primary N) is 1. The van der Waals surface area contributed by atoms with Gasteiger partial charge in [0.25, 0.3) is 0 Å². The molecular formula is C5H13ClN2O2. The van der Waals surface area contributed by atoms with Gasteiger partial charge in [-0.3, -0.25) is 4.79 Å². The maximum Gasteiger partial charge on any atom is 0.236 e. The van der Waals surface area contributed by atoms with Crippen LogP contribution in [0.4, 0.5) is 0 Å². The second-order valence-corrected chi connectivity index (χ2v) is 1.70. The number of carbonyl (C=O) groups is 1. The van der Waals surface area contributed by atoms with Gasteiger partial charge in [0, 0.05) is 7.11 Å². The SMILES string of the molecule is CNC(COC)C(N)=O.Cl. The van der Waals surface area contributed by atoms with Gasteiger partial charge < -0.3 is 15.8 Å². The Morgan fingerprint density at radius 1 is 1.80 bits per heavy atom. The summed E-state index contributed by atoms with van der Waals surface area (Å²) >= 11 is 0. The number of methoxy groups -OCH3 is 1. The average Bonchev–Trinajstić information content (AvgIpc) is 1.82. The first-order valence-electron chi connectivity index (χ1n) is 2.68. The second-order valence-electron chi connectivity index (χ2n) is 1.70. The highest BCUT2D eigenvalue weighted by atomic mass is 35.5. The molecule has 62 valence electrons. The summed E-state index contributed by atoms with van der Waals surface area (Å²) < 4.78 is 4.69. The molecule has 0 bridgehead atoms. The standard InChI is InChI=1S/C5H12N2O2.ClH/c1-7-4(3-9-2)5(6)8;/h4,7H,3H2,1-2H3,(H2,6,8);1H. The lowest BCUT2D eigenvalue weighted by Gasteiger charge is -2.09. The molecule has 1 atom stereocenters. The van der Waals surface area contributed by atoms with Crippen molar-refractivity contribution in [3.8, 4) is 0 Å². The van der Waals surface area contributed by atoms with Gasteiger partial charge in [-0.1, -0.05) is 0 Å². The van der Waals surface area contributed by atoms with E-state index in [2.05, 4.69) is 5.32 Å². The first kappa shape index (κ1) is 12.4. The van der Waals surface area contributed by atoms with E-state index in [1.807, 2.05) is 0 Å². The summed E-state index contributed by atoms with van der Waals surface area (Å²) in [5.74, 6) is -0.389. The maximum atomic E-state index is 10.4. The third kappa shape index (κ3) is 4.55. The number of halogens is 1. The zero-order chi connectivity index (χ0) is 7.28. The zero-order valence-electron chi connectivity index (χ0n) is 6.09. The van der Waals surface area contributed by atoms with Gasteiger partial charge in [-0.15, -0.1) is 12.4 Å². The Bertz CT molecular complexity index is 99.6. The van der Waals surface area contributed by atoms with Crippen LogP contribution in [-0.4, -0.2) is 32.7 Å². The Morgan fingerprint density at radius 3 is 2.40 bits per heavy atom. The van der Waals surface area contributed by atoms with Crippen LogP contribution >= 0.6 is 12.4 Å². The Balaban J connectivity index is 0. The normalized spacial score (nSPS) is 11.8. The molecular weight excluding hydrogens is 156 g/mol. The van der Waals surface area contributed by atoms with Crippen molar-refractivity contribution in [2.24, 2.45) is 5.73 Å². The highest BCUT2D eigenvalue weighted by Gasteiger charge is 2.10. The van der Waals surface area contributed by atoms with Crippen molar-refractivity contribution in [1.82, 2.24) is 5.32 Å². The minimum atomic E-state index is -0.389. The molecule has 0 spiro atoms. The van der Waals surface area contributed by atoms with Gasteiger partial charge in [-0.25, -0.2) is 0 Å². The molecule has 0 aromatic rings. The maximum absolute atomic E-state index is 10.4. The summed E-state index contributed by atoms with van der Waals surface area (Å²) in [5, 5.41) is 2.70. The Hall–Kier alpha value is -0.320. The lowest BCUT2D eigenvalue weighted by Crippen LogP contribution is -2.42. The molecule has 0 rings (SSSR count). The number of primary amides is 1. The summed E-state index contributed by atoms with van der Waals surface area (Å²) in [7, 11) is 3.18. The van der Waals surface area contributed by atoms with Gasteiger partial charge in [0.05, 0.1) is 6.61 Å². The number of amides is 1. The van der Waals surface area contributed by atoms with Gasteiger partial charge in [0.2, 0.25) is 5.91 Å². The van der Waals surface area contributed by atoms with Crippen LogP contribution < -0.4 is 11.1 Å². The van der Waals surface area contributed by atoms with Crippen molar-refractivity contribution in [2.75, 3.05) is 20.8 Å². The number of nitrogens with one attached hydrogen (secondary N) is 1. The number of rotatable bonds is 4. The molecule has 0 aromatic heterocycles. The summed E-state index contributed by atoms with van der Waals surface area (Å²) in [5.41, 5.74) is 4.95. The summed E-state index contributed by atoms with van der Waals surface area (Å²) in [6, 6.07) is -0.366. The predicted molar refractivity (Wildman–Crippen MR) is 41.2 cm³/mol. The number of hydrogen-bond acceptors (Lipinski definition) is 3. The minimum absolute atomic E-state index is 0. The fourth-order valence-electron chi connectivity index (χ4n) is 0.474. The number of carbonyl (C=O) groups excluding carboxylic acids is 1. The summed E-state index contributed by atoms with van der Waals surface area (Å²) in [6.45, 7) is 0.325. The monoisotopic (exact) mass is 168 g/mol. The first-order valence-corrected chi connectivity index (χ1v) is 2.68. The van der Waals surface area contributed by atoms with Crippen molar-refractivity contribution < 1.29 is 9.53 Å². The number of ether oxygens (including phenoxy) is 1. The molecule has 0 radical (unpaired) electrons. The van der Waals surface area contributed by atoms with E-state index in [0.717, 1.165) is 0 Å². The molecule has 0 aliphatic heterocycles. The van der Waals surface area contributed by atoms with Gasteiger partial charge in [0.15, 0.2) is 0 Å². The van der Waals surface area contributed by atoms with Gasteiger partial charge in [-0.2, -0.15) is 0 Å². The van der Waals surface area contributed by atoms with Crippen molar-refractivity contribution in [3.05, 3.63) is 0 Å². The van der Waals surface area contributed by atoms with E-state index in [9.17, 15) is 4.79 Å². The fraction of sp³-hybridized carbons (Fsp3) is 0.800. The molecule has 0 aliphatic carbocycles. The summed E-state index contributed by atoms with van der Waals surface area (Å²) in [6.07, 6.45) is 0. The quantitative estimate of drug-likeness (QED) is 0.574. The first-order chi connectivity index (χ1) is 4.22. The smallest absolute Gasteiger partial charge is 0.236 e. The third-order valence-electron chi connectivity index (χ3n) is 1.03. The molecule has 1 amide bonds. The molecule has 0 fully saturated rings.